The molecule has 0 spiro atoms. The maximum absolute atomic E-state index is 14.4. The van der Waals surface area contributed by atoms with Crippen LogP contribution in [0.25, 0.3) is 6.08 Å². The summed E-state index contributed by atoms with van der Waals surface area (Å²) in [5.74, 6) is -1.13. The van der Waals surface area contributed by atoms with Crippen LogP contribution in [0.15, 0.2) is 82.6 Å². The first-order chi connectivity index (χ1) is 17.9. The van der Waals surface area contributed by atoms with Gasteiger partial charge >= 0.3 is 0 Å². The predicted octanol–water partition coefficient (Wildman–Crippen LogP) is 4.84. The third kappa shape index (κ3) is 5.29. The number of fused-ring (bicyclic) bond motifs is 1. The third-order valence-corrected chi connectivity index (χ3v) is 7.84. The van der Waals surface area contributed by atoms with Crippen LogP contribution < -0.4 is 10.6 Å². The van der Waals surface area contributed by atoms with Gasteiger partial charge in [-0.25, -0.2) is 4.39 Å². The molecule has 188 valence electrons. The van der Waals surface area contributed by atoms with Gasteiger partial charge in [0.1, 0.15) is 5.82 Å². The largest absolute Gasteiger partial charge is 0.369 e. The zero-order chi connectivity index (χ0) is 25.9. The fourth-order valence-corrected chi connectivity index (χ4v) is 5.70. The van der Waals surface area contributed by atoms with Crippen LogP contribution >= 0.6 is 11.8 Å². The van der Waals surface area contributed by atoms with E-state index in [2.05, 4.69) is 0 Å². The molecule has 2 aliphatic heterocycles. The number of nitrogens with two attached hydrogens (primary N) is 1. The number of primary amides is 1. The molecule has 1 saturated heterocycles. The molecule has 2 aliphatic rings. The van der Waals surface area contributed by atoms with Crippen LogP contribution in [0.2, 0.25) is 0 Å². The van der Waals surface area contributed by atoms with Crippen molar-refractivity contribution in [2.75, 3.05) is 18.0 Å². The smallest absolute Gasteiger partial charge is 0.265 e. The number of benzene rings is 3. The number of amides is 3. The lowest BCUT2D eigenvalue weighted by atomic mass is 9.96. The Hall–Kier alpha value is -3.91. The van der Waals surface area contributed by atoms with Crippen LogP contribution in [-0.4, -0.2) is 35.7 Å². The molecular weight excluding hydrogens is 489 g/mol. The second kappa shape index (κ2) is 10.6. The molecule has 1 fully saturated rings. The zero-order valence-corrected chi connectivity index (χ0v) is 20.9. The fraction of sp³-hybridized carbons (Fsp3) is 0.207. The number of nitrogens with zero attached hydrogens (tertiary/aromatic N) is 2. The summed E-state index contributed by atoms with van der Waals surface area (Å²) in [6.45, 7) is 1.13. The summed E-state index contributed by atoms with van der Waals surface area (Å²) in [4.78, 5) is 42.6. The first kappa shape index (κ1) is 24.8. The molecule has 2 N–H and O–H groups in total. The number of thioether (sulfide) groups is 1. The topological polar surface area (TPSA) is 83.7 Å². The Kier molecular flexibility index (Phi) is 7.10. The molecule has 5 rings (SSSR count). The highest BCUT2D eigenvalue weighted by Gasteiger charge is 2.30. The molecular formula is C29H26FN3O3S. The van der Waals surface area contributed by atoms with E-state index in [9.17, 15) is 18.8 Å². The number of carbonyl (C=O) groups excluding carboxylic acids is 3. The van der Waals surface area contributed by atoms with Crippen LogP contribution in [0.5, 0.6) is 0 Å². The van der Waals surface area contributed by atoms with E-state index in [1.807, 2.05) is 36.4 Å². The molecule has 0 saturated carbocycles. The van der Waals surface area contributed by atoms with Crippen LogP contribution in [0.1, 0.15) is 34.3 Å². The molecule has 0 aromatic heterocycles. The van der Waals surface area contributed by atoms with Crippen molar-refractivity contribution in [3.8, 4) is 0 Å². The Morgan fingerprint density at radius 1 is 0.973 bits per heavy atom. The molecule has 0 radical (unpaired) electrons. The Labute approximate surface area is 218 Å². The third-order valence-electron chi connectivity index (χ3n) is 6.76. The number of halogens is 1. The highest BCUT2D eigenvalue weighted by molar-refractivity contribution is 8.04. The summed E-state index contributed by atoms with van der Waals surface area (Å²) in [6, 6.07) is 21.2. The number of piperidine rings is 1. The first-order valence-electron chi connectivity index (χ1n) is 12.1. The van der Waals surface area contributed by atoms with Gasteiger partial charge < -0.3 is 15.5 Å². The van der Waals surface area contributed by atoms with E-state index in [0.29, 0.717) is 42.0 Å². The number of rotatable bonds is 5. The van der Waals surface area contributed by atoms with E-state index in [1.54, 1.807) is 46.2 Å². The molecule has 37 heavy (non-hydrogen) atoms. The lowest BCUT2D eigenvalue weighted by Crippen LogP contribution is -2.41. The van der Waals surface area contributed by atoms with Gasteiger partial charge in [-0.3, -0.25) is 14.4 Å². The highest BCUT2D eigenvalue weighted by Crippen LogP contribution is 2.42. The van der Waals surface area contributed by atoms with Gasteiger partial charge in [-0.15, -0.1) is 0 Å². The summed E-state index contributed by atoms with van der Waals surface area (Å²) in [5.41, 5.74) is 7.92. The van der Waals surface area contributed by atoms with Gasteiger partial charge in [0.15, 0.2) is 0 Å². The molecule has 3 amide bonds. The van der Waals surface area contributed by atoms with Gasteiger partial charge in [0.25, 0.3) is 11.8 Å². The van der Waals surface area contributed by atoms with Crippen molar-refractivity contribution in [3.05, 3.63) is 100 Å². The molecule has 3 aromatic rings. The molecule has 0 aliphatic carbocycles. The lowest BCUT2D eigenvalue weighted by molar-refractivity contribution is -0.123. The summed E-state index contributed by atoms with van der Waals surface area (Å²) >= 11 is 1.38. The van der Waals surface area contributed by atoms with Crippen molar-refractivity contribution in [1.29, 1.82) is 0 Å². The zero-order valence-electron chi connectivity index (χ0n) is 20.1. The van der Waals surface area contributed by atoms with Gasteiger partial charge in [0.05, 0.1) is 17.1 Å². The predicted molar refractivity (Wildman–Crippen MR) is 142 cm³/mol. The maximum Gasteiger partial charge on any atom is 0.265 e. The number of para-hydroxylation sites is 1. The van der Waals surface area contributed by atoms with Gasteiger partial charge in [-0.05, 0) is 54.8 Å². The van der Waals surface area contributed by atoms with Crippen molar-refractivity contribution >= 4 is 41.2 Å². The minimum Gasteiger partial charge on any atom is -0.369 e. The number of likely N-dealkylation sites (tertiary alicyclic amines) is 1. The van der Waals surface area contributed by atoms with E-state index in [0.717, 1.165) is 16.1 Å². The number of hydrogen-bond donors (Lipinski definition) is 1. The van der Waals surface area contributed by atoms with Crippen LogP contribution in [-0.2, 0) is 16.1 Å². The SMILES string of the molecule is NC(=O)C1CCN(C(=O)c2ccc(/C=C3/Sc4ccccc4N(Cc4ccccc4F)C3=O)cc2)CC1. The van der Waals surface area contributed by atoms with Crippen molar-refractivity contribution in [2.45, 2.75) is 24.3 Å². The summed E-state index contributed by atoms with van der Waals surface area (Å²) in [7, 11) is 0. The average molecular weight is 516 g/mol. The standard InChI is InChI=1S/C29H26FN3O3S/c30-23-6-2-1-5-22(23)18-33-24-7-3-4-8-25(24)37-26(29(33)36)17-19-9-11-21(12-10-19)28(35)32-15-13-20(14-16-32)27(31)34/h1-12,17,20H,13-16,18H2,(H2,31,34)/b26-17+. The van der Waals surface area contributed by atoms with E-state index in [4.69, 9.17) is 5.73 Å². The Morgan fingerprint density at radius 3 is 2.35 bits per heavy atom. The number of anilines is 1. The monoisotopic (exact) mass is 515 g/mol. The van der Waals surface area contributed by atoms with Crippen molar-refractivity contribution in [3.63, 3.8) is 0 Å². The summed E-state index contributed by atoms with van der Waals surface area (Å²) in [5, 5.41) is 0. The second-order valence-electron chi connectivity index (χ2n) is 9.15. The summed E-state index contributed by atoms with van der Waals surface area (Å²) < 4.78 is 14.4. The minimum atomic E-state index is -0.351. The Balaban J connectivity index is 1.35. The maximum atomic E-state index is 14.4. The van der Waals surface area contributed by atoms with E-state index >= 15 is 0 Å². The van der Waals surface area contributed by atoms with Crippen molar-refractivity contribution in [2.24, 2.45) is 11.7 Å². The van der Waals surface area contributed by atoms with Crippen molar-refractivity contribution in [1.82, 2.24) is 4.90 Å². The molecule has 0 bridgehead atoms. The normalized spacial score (nSPS) is 17.1. The fourth-order valence-electron chi connectivity index (χ4n) is 4.64. The molecule has 3 aromatic carbocycles. The molecule has 2 heterocycles. The van der Waals surface area contributed by atoms with Gasteiger partial charge in [-0.1, -0.05) is 54.2 Å². The van der Waals surface area contributed by atoms with Crippen LogP contribution in [0.3, 0.4) is 0 Å². The van der Waals surface area contributed by atoms with E-state index < -0.39 is 0 Å². The quantitative estimate of drug-likeness (QED) is 0.493. The number of carbonyl (C=O) groups is 3. The van der Waals surface area contributed by atoms with E-state index in [-0.39, 0.29) is 36.0 Å². The average Bonchev–Trinajstić information content (AvgIpc) is 2.92. The second-order valence-corrected chi connectivity index (χ2v) is 10.2. The Bertz CT molecular complexity index is 1380. The highest BCUT2D eigenvalue weighted by atomic mass is 32.2. The summed E-state index contributed by atoms with van der Waals surface area (Å²) in [6.07, 6.45) is 2.95. The molecule has 0 unspecified atom stereocenters. The van der Waals surface area contributed by atoms with Gasteiger partial charge in [-0.2, -0.15) is 0 Å². The van der Waals surface area contributed by atoms with Crippen LogP contribution in [0, 0.1) is 11.7 Å². The Morgan fingerprint density at radius 2 is 1.65 bits per heavy atom. The number of hydrogen-bond acceptors (Lipinski definition) is 4. The molecule has 0 atom stereocenters. The molecule has 6 nitrogen and oxygen atoms in total. The molecule has 8 heteroatoms. The van der Waals surface area contributed by atoms with Crippen LogP contribution in [0.4, 0.5) is 10.1 Å². The lowest BCUT2D eigenvalue weighted by Gasteiger charge is -2.31. The van der Waals surface area contributed by atoms with Gasteiger partial charge in [0.2, 0.25) is 5.91 Å². The van der Waals surface area contributed by atoms with Crippen molar-refractivity contribution < 1.29 is 18.8 Å². The van der Waals surface area contributed by atoms with Gasteiger partial charge in [0, 0.05) is 35.0 Å². The van der Waals surface area contributed by atoms with E-state index in [1.165, 1.54) is 17.8 Å². The minimum absolute atomic E-state index is 0.0877. The first-order valence-corrected chi connectivity index (χ1v) is 12.9.